The summed E-state index contributed by atoms with van der Waals surface area (Å²) in [5.41, 5.74) is 1.70. The minimum absolute atomic E-state index is 0.00541. The summed E-state index contributed by atoms with van der Waals surface area (Å²) < 4.78 is 34.8. The largest absolute Gasteiger partial charge is 0.497 e. The van der Waals surface area contributed by atoms with E-state index in [1.807, 2.05) is 18.2 Å². The van der Waals surface area contributed by atoms with Crippen LogP contribution in [0.25, 0.3) is 0 Å². The number of alkyl halides is 2. The molecule has 0 bridgehead atoms. The summed E-state index contributed by atoms with van der Waals surface area (Å²) >= 11 is 0. The third kappa shape index (κ3) is 3.73. The molecule has 2 heterocycles. The molecule has 2 aliphatic rings. The van der Waals surface area contributed by atoms with Gasteiger partial charge in [-0.1, -0.05) is 30.3 Å². The Hall–Kier alpha value is -3.98. The molecule has 2 saturated heterocycles. The summed E-state index contributed by atoms with van der Waals surface area (Å²) in [7, 11) is 1.53. The molecule has 7 nitrogen and oxygen atoms in total. The van der Waals surface area contributed by atoms with Crippen LogP contribution in [0.5, 0.6) is 11.5 Å². The van der Waals surface area contributed by atoms with Gasteiger partial charge in [0, 0.05) is 0 Å². The van der Waals surface area contributed by atoms with Crippen molar-refractivity contribution in [2.45, 2.75) is 18.8 Å². The first kappa shape index (κ1) is 21.8. The van der Waals surface area contributed by atoms with Gasteiger partial charge in [0.15, 0.2) is 6.10 Å². The molecule has 174 valence electrons. The fraction of sp³-hybridized carbons (Fsp3) is 0.200. The first-order chi connectivity index (χ1) is 16.5. The second-order valence-electron chi connectivity index (χ2n) is 7.82. The summed E-state index contributed by atoms with van der Waals surface area (Å²) in [5, 5.41) is 1.54. The standard InChI is InChI=1S/C25H20F2N2O5/c1-32-18-13-9-16(10-14-18)28-23(30)20-21(15-7-11-19(12-8-15)33-25(26)27)29(34-22(20)24(28)31)17-5-3-2-4-6-17/h2-14,20-22,25H,1H3/t20-,21+,22+/m1/s1. The molecule has 0 spiro atoms. The quantitative estimate of drug-likeness (QED) is 0.504. The Labute approximate surface area is 194 Å². The highest BCUT2D eigenvalue weighted by Gasteiger charge is 2.60. The lowest BCUT2D eigenvalue weighted by Crippen LogP contribution is -2.37. The molecule has 2 amide bonds. The van der Waals surface area contributed by atoms with Gasteiger partial charge in [0.1, 0.15) is 17.4 Å². The van der Waals surface area contributed by atoms with Crippen molar-refractivity contribution in [2.24, 2.45) is 5.92 Å². The summed E-state index contributed by atoms with van der Waals surface area (Å²) in [6.07, 6.45) is -1.03. The maximum absolute atomic E-state index is 13.6. The highest BCUT2D eigenvalue weighted by Crippen LogP contribution is 2.47. The van der Waals surface area contributed by atoms with Crippen LogP contribution in [0.4, 0.5) is 20.2 Å². The topological polar surface area (TPSA) is 68.3 Å². The molecule has 9 heteroatoms. The molecule has 2 fully saturated rings. The fourth-order valence-corrected chi connectivity index (χ4v) is 4.38. The van der Waals surface area contributed by atoms with Crippen molar-refractivity contribution in [1.29, 1.82) is 0 Å². The molecule has 0 aliphatic carbocycles. The highest BCUT2D eigenvalue weighted by molar-refractivity contribution is 6.23. The first-order valence-electron chi connectivity index (χ1n) is 10.6. The van der Waals surface area contributed by atoms with E-state index < -0.39 is 36.5 Å². The second-order valence-corrected chi connectivity index (χ2v) is 7.82. The van der Waals surface area contributed by atoms with Crippen LogP contribution in [0, 0.1) is 5.92 Å². The van der Waals surface area contributed by atoms with Crippen LogP contribution in [0.15, 0.2) is 78.9 Å². The van der Waals surface area contributed by atoms with E-state index in [9.17, 15) is 18.4 Å². The Morgan fingerprint density at radius 3 is 2.09 bits per heavy atom. The van der Waals surface area contributed by atoms with Gasteiger partial charge in [-0.2, -0.15) is 8.78 Å². The maximum atomic E-state index is 13.6. The van der Waals surface area contributed by atoms with Crippen LogP contribution in [-0.4, -0.2) is 31.6 Å². The molecule has 0 saturated carbocycles. The lowest BCUT2D eigenvalue weighted by atomic mass is 9.90. The van der Waals surface area contributed by atoms with Crippen LogP contribution in [-0.2, 0) is 14.4 Å². The SMILES string of the molecule is COc1ccc(N2C(=O)[C@H]3[C@H](ON(c4ccccc4)[C@H]3c3ccc(OC(F)F)cc3)C2=O)cc1. The van der Waals surface area contributed by atoms with Gasteiger partial charge < -0.3 is 9.47 Å². The van der Waals surface area contributed by atoms with E-state index in [1.54, 1.807) is 53.6 Å². The third-order valence-corrected chi connectivity index (χ3v) is 5.90. The molecule has 3 aromatic carbocycles. The van der Waals surface area contributed by atoms with Crippen molar-refractivity contribution in [1.82, 2.24) is 0 Å². The number of halogens is 2. The van der Waals surface area contributed by atoms with E-state index >= 15 is 0 Å². The van der Waals surface area contributed by atoms with Gasteiger partial charge in [-0.3, -0.25) is 14.4 Å². The summed E-state index contributed by atoms with van der Waals surface area (Å²) in [6.45, 7) is -2.95. The zero-order chi connectivity index (χ0) is 23.8. The van der Waals surface area contributed by atoms with Crippen LogP contribution >= 0.6 is 0 Å². The summed E-state index contributed by atoms with van der Waals surface area (Å²) in [6, 6.07) is 21.0. The minimum atomic E-state index is -2.95. The van der Waals surface area contributed by atoms with Gasteiger partial charge >= 0.3 is 6.61 Å². The van der Waals surface area contributed by atoms with E-state index in [0.717, 1.165) is 4.90 Å². The molecule has 0 unspecified atom stereocenters. The Bertz CT molecular complexity index is 1190. The van der Waals surface area contributed by atoms with Crippen molar-refractivity contribution in [3.63, 3.8) is 0 Å². The van der Waals surface area contributed by atoms with Gasteiger partial charge in [0.2, 0.25) is 5.91 Å². The Kier molecular flexibility index (Phi) is 5.62. The summed E-state index contributed by atoms with van der Waals surface area (Å²) in [4.78, 5) is 34.1. The van der Waals surface area contributed by atoms with Crippen molar-refractivity contribution >= 4 is 23.2 Å². The van der Waals surface area contributed by atoms with E-state index in [0.29, 0.717) is 22.7 Å². The van der Waals surface area contributed by atoms with E-state index in [-0.39, 0.29) is 5.75 Å². The Balaban J connectivity index is 1.52. The molecule has 3 aromatic rings. The van der Waals surface area contributed by atoms with Crippen molar-refractivity contribution in [3.05, 3.63) is 84.4 Å². The van der Waals surface area contributed by atoms with Gasteiger partial charge in [-0.15, -0.1) is 0 Å². The third-order valence-electron chi connectivity index (χ3n) is 5.90. The van der Waals surface area contributed by atoms with Crippen LogP contribution in [0.3, 0.4) is 0 Å². The lowest BCUT2D eigenvalue weighted by molar-refractivity contribution is -0.126. The van der Waals surface area contributed by atoms with Gasteiger partial charge in [0.25, 0.3) is 5.91 Å². The zero-order valence-electron chi connectivity index (χ0n) is 18.0. The van der Waals surface area contributed by atoms with Gasteiger partial charge in [-0.05, 0) is 54.1 Å². The van der Waals surface area contributed by atoms with Crippen LogP contribution < -0.4 is 19.4 Å². The number of nitrogens with zero attached hydrogens (tertiary/aromatic N) is 2. The van der Waals surface area contributed by atoms with Crippen molar-refractivity contribution in [3.8, 4) is 11.5 Å². The number of methoxy groups -OCH3 is 1. The molecule has 34 heavy (non-hydrogen) atoms. The van der Waals surface area contributed by atoms with E-state index in [2.05, 4.69) is 4.74 Å². The number of fused-ring (bicyclic) bond motifs is 1. The number of para-hydroxylation sites is 1. The number of anilines is 2. The zero-order valence-corrected chi connectivity index (χ0v) is 18.0. The minimum Gasteiger partial charge on any atom is -0.497 e. The number of hydroxylamine groups is 1. The molecule has 3 atom stereocenters. The molecular weight excluding hydrogens is 446 g/mol. The molecule has 0 radical (unpaired) electrons. The first-order valence-corrected chi connectivity index (χ1v) is 10.6. The molecule has 2 aliphatic heterocycles. The number of carbonyl (C=O) groups excluding carboxylic acids is 2. The number of hydrogen-bond acceptors (Lipinski definition) is 6. The summed E-state index contributed by atoms with van der Waals surface area (Å²) in [5.74, 6) is -1.12. The second kappa shape index (κ2) is 8.75. The van der Waals surface area contributed by atoms with Crippen LogP contribution in [0.1, 0.15) is 11.6 Å². The predicted octanol–water partition coefficient (Wildman–Crippen LogP) is 4.35. The number of imide groups is 1. The Morgan fingerprint density at radius 2 is 1.47 bits per heavy atom. The van der Waals surface area contributed by atoms with E-state index in [4.69, 9.17) is 9.57 Å². The molecule has 5 rings (SSSR count). The average molecular weight is 466 g/mol. The number of ether oxygens (including phenoxy) is 2. The monoisotopic (exact) mass is 466 g/mol. The fourth-order valence-electron chi connectivity index (χ4n) is 4.38. The predicted molar refractivity (Wildman–Crippen MR) is 119 cm³/mol. The Morgan fingerprint density at radius 1 is 0.824 bits per heavy atom. The average Bonchev–Trinajstić information content (AvgIpc) is 3.36. The van der Waals surface area contributed by atoms with Gasteiger partial charge in [-0.25, -0.2) is 9.96 Å². The molecule has 0 N–H and O–H groups in total. The van der Waals surface area contributed by atoms with E-state index in [1.165, 1.54) is 19.2 Å². The van der Waals surface area contributed by atoms with Gasteiger partial charge in [0.05, 0.1) is 24.5 Å². The smallest absolute Gasteiger partial charge is 0.387 e. The molecule has 0 aromatic heterocycles. The highest BCUT2D eigenvalue weighted by atomic mass is 19.3. The van der Waals surface area contributed by atoms with Crippen molar-refractivity contribution in [2.75, 3.05) is 17.1 Å². The number of hydrogen-bond donors (Lipinski definition) is 0. The molecular formula is C25H20F2N2O5. The number of benzene rings is 3. The number of carbonyl (C=O) groups is 2. The normalized spacial score (nSPS) is 21.8. The van der Waals surface area contributed by atoms with Crippen LogP contribution in [0.2, 0.25) is 0 Å². The number of amides is 2. The number of rotatable bonds is 6. The lowest BCUT2D eigenvalue weighted by Gasteiger charge is -2.28. The maximum Gasteiger partial charge on any atom is 0.387 e. The van der Waals surface area contributed by atoms with Crippen molar-refractivity contribution < 1.29 is 32.7 Å².